The molecule has 3 aromatic rings. The van der Waals surface area contributed by atoms with Crippen molar-refractivity contribution >= 4 is 44.2 Å². The number of sulfonamides is 1. The number of aromatic hydroxyl groups is 2. The number of hydrogen-bond acceptors (Lipinski definition) is 9. The number of rotatable bonds is 4. The smallest absolute Gasteiger partial charge is 0.265 e. The summed E-state index contributed by atoms with van der Waals surface area (Å²) in [5.74, 6) is -2.79. The minimum absolute atomic E-state index is 0.0289. The highest BCUT2D eigenvalue weighted by molar-refractivity contribution is 7.91. The molecule has 12 heteroatoms. The van der Waals surface area contributed by atoms with Crippen molar-refractivity contribution in [1.82, 2.24) is 19.2 Å². The number of nitrogens with zero attached hydrogens (tertiary/aromatic N) is 4. The van der Waals surface area contributed by atoms with Gasteiger partial charge in [-0.2, -0.15) is 4.31 Å². The van der Waals surface area contributed by atoms with E-state index in [1.54, 1.807) is 17.5 Å². The van der Waals surface area contributed by atoms with E-state index in [1.165, 1.54) is 16.7 Å². The molecule has 2 amide bonds. The van der Waals surface area contributed by atoms with Crippen molar-refractivity contribution in [1.29, 1.82) is 0 Å². The third kappa shape index (κ3) is 3.05. The second kappa shape index (κ2) is 7.50. The van der Waals surface area contributed by atoms with Crippen LogP contribution in [0.15, 0.2) is 34.1 Å². The summed E-state index contributed by atoms with van der Waals surface area (Å²) < 4.78 is 27.4. The van der Waals surface area contributed by atoms with Gasteiger partial charge in [0, 0.05) is 32.0 Å². The fourth-order valence-electron chi connectivity index (χ4n) is 4.29. The molecule has 2 aromatic heterocycles. The van der Waals surface area contributed by atoms with Crippen molar-refractivity contribution in [2.24, 2.45) is 5.92 Å². The molecule has 0 radical (unpaired) electrons. The zero-order chi connectivity index (χ0) is 22.6. The summed E-state index contributed by atoms with van der Waals surface area (Å²) in [6, 6.07) is 3.22. The molecule has 5 rings (SSSR count). The SMILES string of the molecule is O=C1c2c(c(O)c3nccnc3c2O)C(=O)N1CC1CCCN(S(=O)(=O)c2cccs2)C1. The number of aromatic nitrogens is 2. The minimum atomic E-state index is -3.64. The zero-order valence-corrected chi connectivity index (χ0v) is 18.3. The maximum absolute atomic E-state index is 13.0. The van der Waals surface area contributed by atoms with Gasteiger partial charge in [-0.1, -0.05) is 6.07 Å². The first-order chi connectivity index (χ1) is 15.3. The number of phenolic OH excluding ortho intramolecular Hbond substituents is 2. The van der Waals surface area contributed by atoms with Crippen molar-refractivity contribution in [2.75, 3.05) is 19.6 Å². The second-order valence-electron chi connectivity index (χ2n) is 7.73. The Morgan fingerprint density at radius 2 is 1.69 bits per heavy atom. The normalized spacial score (nSPS) is 19.6. The lowest BCUT2D eigenvalue weighted by molar-refractivity contribution is 0.0609. The molecule has 10 nitrogen and oxygen atoms in total. The van der Waals surface area contributed by atoms with E-state index in [2.05, 4.69) is 9.97 Å². The molecular weight excluding hydrogens is 456 g/mol. The van der Waals surface area contributed by atoms with Crippen molar-refractivity contribution in [2.45, 2.75) is 17.1 Å². The van der Waals surface area contributed by atoms with E-state index in [0.717, 1.165) is 16.2 Å². The Labute approximate surface area is 186 Å². The van der Waals surface area contributed by atoms with Crippen molar-refractivity contribution < 1.29 is 28.2 Å². The fourth-order valence-corrected chi connectivity index (χ4v) is 6.99. The molecule has 0 aliphatic carbocycles. The van der Waals surface area contributed by atoms with Gasteiger partial charge in [0.2, 0.25) is 0 Å². The maximum Gasteiger partial charge on any atom is 0.265 e. The van der Waals surface area contributed by atoms with E-state index in [-0.39, 0.29) is 45.4 Å². The number of carbonyl (C=O) groups is 2. The quantitative estimate of drug-likeness (QED) is 0.431. The van der Waals surface area contributed by atoms with Crippen LogP contribution in [0.5, 0.6) is 11.5 Å². The van der Waals surface area contributed by atoms with Crippen LogP contribution in [-0.2, 0) is 10.0 Å². The van der Waals surface area contributed by atoms with Crippen LogP contribution < -0.4 is 0 Å². The number of amides is 2. The van der Waals surface area contributed by atoms with Gasteiger partial charge in [-0.05, 0) is 30.2 Å². The number of benzene rings is 1. The molecule has 1 fully saturated rings. The Morgan fingerprint density at radius 3 is 2.25 bits per heavy atom. The van der Waals surface area contributed by atoms with Gasteiger partial charge in [-0.3, -0.25) is 14.5 Å². The molecule has 1 unspecified atom stereocenters. The molecule has 166 valence electrons. The molecule has 1 saturated heterocycles. The van der Waals surface area contributed by atoms with E-state index in [9.17, 15) is 28.2 Å². The van der Waals surface area contributed by atoms with Gasteiger partial charge in [-0.15, -0.1) is 11.3 Å². The monoisotopic (exact) mass is 474 g/mol. The molecule has 32 heavy (non-hydrogen) atoms. The average molecular weight is 475 g/mol. The summed E-state index contributed by atoms with van der Waals surface area (Å²) in [5, 5.41) is 22.8. The third-order valence-electron chi connectivity index (χ3n) is 5.80. The Bertz CT molecular complexity index is 1300. The molecule has 0 saturated carbocycles. The minimum Gasteiger partial charge on any atom is -0.505 e. The Balaban J connectivity index is 1.43. The molecule has 0 spiro atoms. The predicted molar refractivity (Wildman–Crippen MR) is 114 cm³/mol. The Kier molecular flexibility index (Phi) is 4.87. The average Bonchev–Trinajstić information content (AvgIpc) is 3.42. The molecule has 0 bridgehead atoms. The molecule has 2 N–H and O–H groups in total. The largest absolute Gasteiger partial charge is 0.505 e. The van der Waals surface area contributed by atoms with Crippen LogP contribution in [-0.4, -0.2) is 69.3 Å². The number of imide groups is 1. The number of phenols is 2. The van der Waals surface area contributed by atoms with Crippen LogP contribution in [0.1, 0.15) is 33.6 Å². The molecule has 1 atom stereocenters. The van der Waals surface area contributed by atoms with Crippen molar-refractivity contribution in [3.05, 3.63) is 41.0 Å². The fraction of sp³-hybridized carbons (Fsp3) is 0.300. The number of fused-ring (bicyclic) bond motifs is 2. The summed E-state index contributed by atoms with van der Waals surface area (Å²) in [6.45, 7) is 0.499. The highest BCUT2D eigenvalue weighted by Crippen LogP contribution is 2.42. The molecule has 2 aliphatic heterocycles. The van der Waals surface area contributed by atoms with Gasteiger partial charge in [0.05, 0.1) is 0 Å². The highest BCUT2D eigenvalue weighted by atomic mass is 32.2. The Morgan fingerprint density at radius 1 is 1.06 bits per heavy atom. The molecular formula is C20H18N4O6S2. The van der Waals surface area contributed by atoms with Crippen LogP contribution >= 0.6 is 11.3 Å². The van der Waals surface area contributed by atoms with Crippen molar-refractivity contribution in [3.63, 3.8) is 0 Å². The van der Waals surface area contributed by atoms with E-state index in [1.807, 2.05) is 0 Å². The second-order valence-corrected chi connectivity index (χ2v) is 10.8. The van der Waals surface area contributed by atoms with Crippen LogP contribution in [0.25, 0.3) is 11.0 Å². The first kappa shape index (κ1) is 20.8. The van der Waals surface area contributed by atoms with Gasteiger partial charge in [0.1, 0.15) is 26.4 Å². The number of carbonyl (C=O) groups excluding carboxylic acids is 2. The molecule has 1 aromatic carbocycles. The van der Waals surface area contributed by atoms with Gasteiger partial charge in [0.15, 0.2) is 11.5 Å². The first-order valence-electron chi connectivity index (χ1n) is 9.89. The summed E-state index contributed by atoms with van der Waals surface area (Å²) in [7, 11) is -3.64. The third-order valence-corrected chi connectivity index (χ3v) is 9.04. The van der Waals surface area contributed by atoms with Crippen molar-refractivity contribution in [3.8, 4) is 11.5 Å². The van der Waals surface area contributed by atoms with Crippen LogP contribution in [0.2, 0.25) is 0 Å². The first-order valence-corrected chi connectivity index (χ1v) is 12.2. The van der Waals surface area contributed by atoms with E-state index in [4.69, 9.17) is 0 Å². The number of hydrogen-bond donors (Lipinski definition) is 2. The van der Waals surface area contributed by atoms with Gasteiger partial charge in [-0.25, -0.2) is 18.4 Å². The van der Waals surface area contributed by atoms with E-state index >= 15 is 0 Å². The van der Waals surface area contributed by atoms with Gasteiger partial charge >= 0.3 is 0 Å². The highest BCUT2D eigenvalue weighted by Gasteiger charge is 2.44. The topological polar surface area (TPSA) is 141 Å². The van der Waals surface area contributed by atoms with Gasteiger partial charge in [0.25, 0.3) is 21.8 Å². The van der Waals surface area contributed by atoms with Crippen LogP contribution in [0.3, 0.4) is 0 Å². The summed E-state index contributed by atoms with van der Waals surface area (Å²) in [5.41, 5.74) is -0.756. The summed E-state index contributed by atoms with van der Waals surface area (Å²) >= 11 is 1.14. The molecule has 4 heterocycles. The van der Waals surface area contributed by atoms with Crippen LogP contribution in [0.4, 0.5) is 0 Å². The number of piperidine rings is 1. The zero-order valence-electron chi connectivity index (χ0n) is 16.6. The predicted octanol–water partition coefficient (Wildman–Crippen LogP) is 1.80. The lowest BCUT2D eigenvalue weighted by atomic mass is 9.99. The maximum atomic E-state index is 13.0. The van der Waals surface area contributed by atoms with Gasteiger partial charge < -0.3 is 10.2 Å². The standard InChI is InChI=1S/C20H18N4O6S2/c25-17-13-14(18(26)16-15(17)21-5-6-22-16)20(28)24(19(13)27)10-11-3-1-7-23(9-11)32(29,30)12-4-2-8-31-12/h2,4-6,8,11,25-26H,1,3,7,9-10H2. The van der Waals surface area contributed by atoms with E-state index < -0.39 is 33.3 Å². The van der Waals surface area contributed by atoms with E-state index in [0.29, 0.717) is 19.4 Å². The van der Waals surface area contributed by atoms with Crippen LogP contribution in [0, 0.1) is 5.92 Å². The lowest BCUT2D eigenvalue weighted by Crippen LogP contribution is -2.44. The number of thiophene rings is 1. The Hall–Kier alpha value is -3.09. The summed E-state index contributed by atoms with van der Waals surface area (Å²) in [6.07, 6.45) is 3.83. The lowest BCUT2D eigenvalue weighted by Gasteiger charge is -2.33. The summed E-state index contributed by atoms with van der Waals surface area (Å²) in [4.78, 5) is 34.9. The molecule has 2 aliphatic rings.